The van der Waals surface area contributed by atoms with E-state index >= 15 is 0 Å². The van der Waals surface area contributed by atoms with Gasteiger partial charge in [-0.15, -0.1) is 0 Å². The zero-order chi connectivity index (χ0) is 16.7. The summed E-state index contributed by atoms with van der Waals surface area (Å²) in [6.07, 6.45) is -4.38. The molecule has 0 amide bonds. The molecule has 0 aliphatic rings. The molecule has 0 aliphatic heterocycles. The average molecular weight is 328 g/mol. The third kappa shape index (κ3) is 2.56. The number of hydrogen-bond donors (Lipinski definition) is 1. The summed E-state index contributed by atoms with van der Waals surface area (Å²) in [6.45, 7) is 0. The second-order valence-electron chi connectivity index (χ2n) is 5.35. The molecule has 0 atom stereocenters. The second kappa shape index (κ2) is 5.26. The molecule has 4 rings (SSSR count). The van der Waals surface area contributed by atoms with Crippen LogP contribution >= 0.6 is 0 Å². The lowest BCUT2D eigenvalue weighted by Gasteiger charge is -2.07. The normalized spacial score (nSPS) is 12.0. The van der Waals surface area contributed by atoms with Gasteiger partial charge in [-0.05, 0) is 36.4 Å². The summed E-state index contributed by atoms with van der Waals surface area (Å²) in [5, 5.41) is 0. The molecule has 0 bridgehead atoms. The number of fused-ring (bicyclic) bond motifs is 1. The van der Waals surface area contributed by atoms with Crippen LogP contribution in [-0.4, -0.2) is 9.97 Å². The lowest BCUT2D eigenvalue weighted by atomic mass is 10.1. The number of aromatic nitrogens is 2. The minimum Gasteiger partial charge on any atom is -0.453 e. The molecule has 2 heterocycles. The first-order chi connectivity index (χ1) is 11.5. The maximum absolute atomic E-state index is 12.8. The van der Waals surface area contributed by atoms with Crippen molar-refractivity contribution < 1.29 is 17.6 Å². The number of nitrogens with zero attached hydrogens (tertiary/aromatic N) is 1. The molecular weight excluding hydrogens is 317 g/mol. The average Bonchev–Trinajstić information content (AvgIpc) is 3.21. The van der Waals surface area contributed by atoms with E-state index in [0.717, 1.165) is 23.2 Å². The summed E-state index contributed by atoms with van der Waals surface area (Å²) < 4.78 is 44.2. The number of aromatic amines is 1. The highest BCUT2D eigenvalue weighted by Gasteiger charge is 2.30. The van der Waals surface area contributed by atoms with Gasteiger partial charge in [0.25, 0.3) is 0 Å². The van der Waals surface area contributed by atoms with E-state index in [2.05, 4.69) is 9.97 Å². The van der Waals surface area contributed by atoms with Crippen LogP contribution in [0.1, 0.15) is 5.56 Å². The Hall–Kier alpha value is -3.02. The molecule has 4 aromatic rings. The molecule has 0 spiro atoms. The smallest absolute Gasteiger partial charge is 0.416 e. The van der Waals surface area contributed by atoms with Crippen molar-refractivity contribution in [2.45, 2.75) is 6.18 Å². The van der Waals surface area contributed by atoms with Crippen LogP contribution in [0, 0.1) is 0 Å². The molecule has 0 fully saturated rings. The van der Waals surface area contributed by atoms with Crippen molar-refractivity contribution >= 4 is 11.0 Å². The Morgan fingerprint density at radius 3 is 2.46 bits per heavy atom. The lowest BCUT2D eigenvalue weighted by Crippen LogP contribution is -2.04. The molecule has 0 unspecified atom stereocenters. The van der Waals surface area contributed by atoms with Crippen LogP contribution in [0.25, 0.3) is 33.9 Å². The molecule has 6 heteroatoms. The Kier molecular flexibility index (Phi) is 3.19. The number of alkyl halides is 3. The number of para-hydroxylation sites is 2. The number of imidazole rings is 1. The Morgan fingerprint density at radius 2 is 1.67 bits per heavy atom. The van der Waals surface area contributed by atoms with Crippen LogP contribution in [0.5, 0.6) is 0 Å². The lowest BCUT2D eigenvalue weighted by molar-refractivity contribution is -0.137. The summed E-state index contributed by atoms with van der Waals surface area (Å²) in [5.74, 6) is 1.37. The summed E-state index contributed by atoms with van der Waals surface area (Å²) in [7, 11) is 0. The van der Waals surface area contributed by atoms with Crippen molar-refractivity contribution in [3.05, 3.63) is 66.2 Å². The first kappa shape index (κ1) is 14.6. The molecule has 0 saturated carbocycles. The molecule has 2 aromatic heterocycles. The minimum absolute atomic E-state index is 0.358. The maximum Gasteiger partial charge on any atom is 0.416 e. The Bertz CT molecular complexity index is 981. The van der Waals surface area contributed by atoms with Crippen LogP contribution < -0.4 is 0 Å². The molecule has 0 radical (unpaired) electrons. The van der Waals surface area contributed by atoms with Gasteiger partial charge in [-0.1, -0.05) is 24.3 Å². The molecular formula is C18H11F3N2O. The van der Waals surface area contributed by atoms with Crippen molar-refractivity contribution in [1.82, 2.24) is 9.97 Å². The van der Waals surface area contributed by atoms with Crippen molar-refractivity contribution in [3.8, 4) is 22.9 Å². The minimum atomic E-state index is -4.38. The number of hydrogen-bond acceptors (Lipinski definition) is 2. The van der Waals surface area contributed by atoms with E-state index in [9.17, 15) is 13.2 Å². The first-order valence-corrected chi connectivity index (χ1v) is 7.23. The van der Waals surface area contributed by atoms with E-state index in [1.807, 2.05) is 24.3 Å². The van der Waals surface area contributed by atoms with Gasteiger partial charge in [0, 0.05) is 5.56 Å². The number of H-pyrrole nitrogens is 1. The molecule has 2 aromatic carbocycles. The molecule has 120 valence electrons. The highest BCUT2D eigenvalue weighted by atomic mass is 19.4. The summed E-state index contributed by atoms with van der Waals surface area (Å²) in [5.41, 5.74) is 1.32. The Balaban J connectivity index is 1.72. The van der Waals surface area contributed by atoms with E-state index in [4.69, 9.17) is 4.42 Å². The van der Waals surface area contributed by atoms with Crippen molar-refractivity contribution in [2.24, 2.45) is 0 Å². The second-order valence-corrected chi connectivity index (χ2v) is 5.35. The number of furan rings is 1. The Morgan fingerprint density at radius 1 is 0.875 bits per heavy atom. The number of benzene rings is 2. The fourth-order valence-electron chi connectivity index (χ4n) is 2.54. The fourth-order valence-corrected chi connectivity index (χ4v) is 2.54. The van der Waals surface area contributed by atoms with Gasteiger partial charge >= 0.3 is 6.18 Å². The molecule has 0 saturated heterocycles. The van der Waals surface area contributed by atoms with Crippen LogP contribution in [0.4, 0.5) is 13.2 Å². The van der Waals surface area contributed by atoms with E-state index in [-0.39, 0.29) is 0 Å². The van der Waals surface area contributed by atoms with Crippen molar-refractivity contribution in [2.75, 3.05) is 0 Å². The number of nitrogens with one attached hydrogen (secondary N) is 1. The molecule has 24 heavy (non-hydrogen) atoms. The quantitative estimate of drug-likeness (QED) is 0.527. The predicted octanol–water partition coefficient (Wildman–Crippen LogP) is 5.51. The summed E-state index contributed by atoms with van der Waals surface area (Å²) in [6, 6.07) is 15.9. The zero-order valence-electron chi connectivity index (χ0n) is 12.3. The monoisotopic (exact) mass is 328 g/mol. The highest BCUT2D eigenvalue weighted by Crippen LogP contribution is 2.33. The third-order valence-electron chi connectivity index (χ3n) is 3.70. The topological polar surface area (TPSA) is 41.8 Å². The molecule has 1 N–H and O–H groups in total. The Labute approximate surface area is 134 Å². The van der Waals surface area contributed by atoms with Gasteiger partial charge in [0.1, 0.15) is 5.76 Å². The number of halogens is 3. The molecule has 0 aliphatic carbocycles. The largest absolute Gasteiger partial charge is 0.453 e. The zero-order valence-corrected chi connectivity index (χ0v) is 12.3. The van der Waals surface area contributed by atoms with E-state index in [1.165, 1.54) is 6.07 Å². The van der Waals surface area contributed by atoms with E-state index < -0.39 is 11.7 Å². The van der Waals surface area contributed by atoms with Gasteiger partial charge < -0.3 is 9.40 Å². The van der Waals surface area contributed by atoms with Gasteiger partial charge in [-0.3, -0.25) is 0 Å². The van der Waals surface area contributed by atoms with Crippen LogP contribution in [-0.2, 0) is 6.18 Å². The third-order valence-corrected chi connectivity index (χ3v) is 3.70. The summed E-state index contributed by atoms with van der Waals surface area (Å²) >= 11 is 0. The highest BCUT2D eigenvalue weighted by molar-refractivity contribution is 5.78. The van der Waals surface area contributed by atoms with Gasteiger partial charge in [0.05, 0.1) is 16.6 Å². The van der Waals surface area contributed by atoms with Gasteiger partial charge in [-0.2, -0.15) is 13.2 Å². The summed E-state index contributed by atoms with van der Waals surface area (Å²) in [4.78, 5) is 7.54. The van der Waals surface area contributed by atoms with Crippen molar-refractivity contribution in [3.63, 3.8) is 0 Å². The van der Waals surface area contributed by atoms with E-state index in [1.54, 1.807) is 18.2 Å². The number of rotatable bonds is 2. The van der Waals surface area contributed by atoms with Crippen LogP contribution in [0.3, 0.4) is 0 Å². The fraction of sp³-hybridized carbons (Fsp3) is 0.0556. The standard InChI is InChI=1S/C18H11F3N2O/c19-18(20,21)12-5-3-4-11(10-12)15-8-9-16(24-15)17-22-13-6-1-2-7-14(13)23-17/h1-10H,(H,22,23). The molecule has 3 nitrogen and oxygen atoms in total. The van der Waals surface area contributed by atoms with Gasteiger partial charge in [-0.25, -0.2) is 4.98 Å². The maximum atomic E-state index is 12.8. The van der Waals surface area contributed by atoms with Crippen molar-refractivity contribution in [1.29, 1.82) is 0 Å². The van der Waals surface area contributed by atoms with Gasteiger partial charge in [0.15, 0.2) is 11.6 Å². The van der Waals surface area contributed by atoms with E-state index in [0.29, 0.717) is 22.9 Å². The SMILES string of the molecule is FC(F)(F)c1cccc(-c2ccc(-c3nc4ccccc4[nH]3)o2)c1. The van der Waals surface area contributed by atoms with Crippen LogP contribution in [0.2, 0.25) is 0 Å². The van der Waals surface area contributed by atoms with Crippen LogP contribution in [0.15, 0.2) is 65.1 Å². The first-order valence-electron chi connectivity index (χ1n) is 7.23. The van der Waals surface area contributed by atoms with Gasteiger partial charge in [0.2, 0.25) is 0 Å². The predicted molar refractivity (Wildman–Crippen MR) is 84.2 cm³/mol.